The molecule has 3 N–H and O–H groups in total. The van der Waals surface area contributed by atoms with E-state index in [0.717, 1.165) is 29.5 Å². The third-order valence-electron chi connectivity index (χ3n) is 2.55. The smallest absolute Gasteiger partial charge is 0.252 e. The molecule has 1 amide bonds. The van der Waals surface area contributed by atoms with Crippen LogP contribution in [0.2, 0.25) is 0 Å². The molecule has 0 radical (unpaired) electrons. The fourth-order valence-electron chi connectivity index (χ4n) is 1.86. The van der Waals surface area contributed by atoms with Crippen LogP contribution in [0, 0.1) is 0 Å². The summed E-state index contributed by atoms with van der Waals surface area (Å²) < 4.78 is 0. The number of fused-ring (bicyclic) bond motifs is 1. The zero-order chi connectivity index (χ0) is 9.97. The maximum atomic E-state index is 11.5. The zero-order valence-electron chi connectivity index (χ0n) is 8.05. The molecule has 3 heteroatoms. The van der Waals surface area contributed by atoms with E-state index in [-0.39, 0.29) is 5.91 Å². The van der Waals surface area contributed by atoms with Gasteiger partial charge >= 0.3 is 0 Å². The van der Waals surface area contributed by atoms with E-state index in [2.05, 4.69) is 5.32 Å². The number of amides is 1. The van der Waals surface area contributed by atoms with Crippen LogP contribution in [0.5, 0.6) is 0 Å². The van der Waals surface area contributed by atoms with Gasteiger partial charge in [-0.25, -0.2) is 0 Å². The minimum atomic E-state index is 0.0626. The summed E-state index contributed by atoms with van der Waals surface area (Å²) in [7, 11) is 0. The molecule has 1 aromatic carbocycles. The first kappa shape index (κ1) is 9.21. The monoisotopic (exact) mass is 190 g/mol. The van der Waals surface area contributed by atoms with Crippen LogP contribution in [-0.2, 0) is 13.0 Å². The number of nitrogens with one attached hydrogen (secondary N) is 1. The Bertz CT molecular complexity index is 360. The van der Waals surface area contributed by atoms with E-state index in [0.29, 0.717) is 13.1 Å². The maximum absolute atomic E-state index is 11.5. The lowest BCUT2D eigenvalue weighted by atomic mass is 9.99. The van der Waals surface area contributed by atoms with E-state index in [4.69, 9.17) is 5.73 Å². The SMILES string of the molecule is NCCCc1cccc2c1C(=O)NC2. The van der Waals surface area contributed by atoms with Crippen molar-refractivity contribution in [3.05, 3.63) is 34.9 Å². The quantitative estimate of drug-likeness (QED) is 0.741. The van der Waals surface area contributed by atoms with Gasteiger partial charge in [0, 0.05) is 12.1 Å². The van der Waals surface area contributed by atoms with Gasteiger partial charge in [0.25, 0.3) is 5.91 Å². The molecule has 0 saturated heterocycles. The average Bonchev–Trinajstić information content (AvgIpc) is 2.58. The second-order valence-corrected chi connectivity index (χ2v) is 3.53. The molecule has 0 atom stereocenters. The maximum Gasteiger partial charge on any atom is 0.252 e. The molecule has 2 rings (SSSR count). The lowest BCUT2D eigenvalue weighted by Gasteiger charge is -2.04. The van der Waals surface area contributed by atoms with Gasteiger partial charge in [0.05, 0.1) is 0 Å². The van der Waals surface area contributed by atoms with Crippen molar-refractivity contribution in [2.45, 2.75) is 19.4 Å². The Kier molecular flexibility index (Phi) is 2.50. The van der Waals surface area contributed by atoms with Gasteiger partial charge in [-0.05, 0) is 30.5 Å². The number of nitrogens with two attached hydrogens (primary N) is 1. The van der Waals surface area contributed by atoms with Crippen molar-refractivity contribution in [1.82, 2.24) is 5.32 Å². The fraction of sp³-hybridized carbons (Fsp3) is 0.364. The number of carbonyl (C=O) groups is 1. The Morgan fingerprint density at radius 2 is 2.29 bits per heavy atom. The molecule has 0 fully saturated rings. The molecule has 0 aromatic heterocycles. The Labute approximate surface area is 83.3 Å². The van der Waals surface area contributed by atoms with Gasteiger partial charge < -0.3 is 11.1 Å². The predicted octanol–water partition coefficient (Wildman–Crippen LogP) is 0.821. The first-order valence-corrected chi connectivity index (χ1v) is 4.92. The highest BCUT2D eigenvalue weighted by Crippen LogP contribution is 2.20. The van der Waals surface area contributed by atoms with Gasteiger partial charge in [0.15, 0.2) is 0 Å². The highest BCUT2D eigenvalue weighted by molar-refractivity contribution is 5.99. The van der Waals surface area contributed by atoms with Crippen LogP contribution in [0.1, 0.15) is 27.9 Å². The van der Waals surface area contributed by atoms with E-state index >= 15 is 0 Å². The molecule has 74 valence electrons. The summed E-state index contributed by atoms with van der Waals surface area (Å²) in [6.45, 7) is 1.34. The molecule has 0 aliphatic carbocycles. The first-order valence-electron chi connectivity index (χ1n) is 4.92. The van der Waals surface area contributed by atoms with Crippen LogP contribution in [0.3, 0.4) is 0 Å². The second kappa shape index (κ2) is 3.80. The highest BCUT2D eigenvalue weighted by atomic mass is 16.1. The molecular formula is C11H14N2O. The van der Waals surface area contributed by atoms with Crippen molar-refractivity contribution < 1.29 is 4.79 Å². The van der Waals surface area contributed by atoms with E-state index < -0.39 is 0 Å². The van der Waals surface area contributed by atoms with Crippen molar-refractivity contribution >= 4 is 5.91 Å². The Morgan fingerprint density at radius 1 is 1.43 bits per heavy atom. The van der Waals surface area contributed by atoms with Crippen LogP contribution in [0.15, 0.2) is 18.2 Å². The van der Waals surface area contributed by atoms with Gasteiger partial charge in [-0.1, -0.05) is 18.2 Å². The lowest BCUT2D eigenvalue weighted by Crippen LogP contribution is -2.14. The van der Waals surface area contributed by atoms with Crippen LogP contribution in [0.25, 0.3) is 0 Å². The Morgan fingerprint density at radius 3 is 3.07 bits per heavy atom. The molecule has 14 heavy (non-hydrogen) atoms. The molecule has 0 unspecified atom stereocenters. The van der Waals surface area contributed by atoms with Crippen molar-refractivity contribution in [3.8, 4) is 0 Å². The molecular weight excluding hydrogens is 176 g/mol. The number of carbonyl (C=O) groups excluding carboxylic acids is 1. The van der Waals surface area contributed by atoms with Gasteiger partial charge in [0.1, 0.15) is 0 Å². The number of rotatable bonds is 3. The van der Waals surface area contributed by atoms with E-state index in [1.807, 2.05) is 18.2 Å². The molecule has 0 saturated carbocycles. The van der Waals surface area contributed by atoms with Crippen molar-refractivity contribution in [2.75, 3.05) is 6.54 Å². The normalized spacial score (nSPS) is 13.9. The van der Waals surface area contributed by atoms with Crippen molar-refractivity contribution in [1.29, 1.82) is 0 Å². The van der Waals surface area contributed by atoms with Gasteiger partial charge in [-0.2, -0.15) is 0 Å². The molecule has 1 aromatic rings. The molecule has 1 heterocycles. The largest absolute Gasteiger partial charge is 0.348 e. The Hall–Kier alpha value is -1.35. The van der Waals surface area contributed by atoms with Crippen LogP contribution in [-0.4, -0.2) is 12.5 Å². The average molecular weight is 190 g/mol. The summed E-state index contributed by atoms with van der Waals surface area (Å²) in [4.78, 5) is 11.5. The number of hydrogen-bond donors (Lipinski definition) is 2. The molecule has 3 nitrogen and oxygen atoms in total. The topological polar surface area (TPSA) is 55.1 Å². The third-order valence-corrected chi connectivity index (χ3v) is 2.55. The summed E-state index contributed by atoms with van der Waals surface area (Å²) in [6, 6.07) is 6.02. The predicted molar refractivity (Wildman–Crippen MR) is 55.0 cm³/mol. The molecule has 1 aliphatic rings. The first-order chi connectivity index (χ1) is 6.83. The van der Waals surface area contributed by atoms with Crippen LogP contribution < -0.4 is 11.1 Å². The van der Waals surface area contributed by atoms with E-state index in [1.165, 1.54) is 0 Å². The number of aryl methyl sites for hydroxylation is 1. The second-order valence-electron chi connectivity index (χ2n) is 3.53. The minimum absolute atomic E-state index is 0.0626. The lowest BCUT2D eigenvalue weighted by molar-refractivity contribution is 0.0965. The van der Waals surface area contributed by atoms with Gasteiger partial charge in [0.2, 0.25) is 0 Å². The Balaban J connectivity index is 2.32. The van der Waals surface area contributed by atoms with E-state index in [1.54, 1.807) is 0 Å². The summed E-state index contributed by atoms with van der Waals surface area (Å²) in [5.41, 5.74) is 8.57. The zero-order valence-corrected chi connectivity index (χ0v) is 8.05. The van der Waals surface area contributed by atoms with E-state index in [9.17, 15) is 4.79 Å². The fourth-order valence-corrected chi connectivity index (χ4v) is 1.86. The van der Waals surface area contributed by atoms with Gasteiger partial charge in [-0.15, -0.1) is 0 Å². The standard InChI is InChI=1S/C11H14N2O/c12-6-2-5-8-3-1-4-9-7-13-11(14)10(8)9/h1,3-4H,2,5-7,12H2,(H,13,14). The minimum Gasteiger partial charge on any atom is -0.348 e. The van der Waals surface area contributed by atoms with Crippen LogP contribution in [0.4, 0.5) is 0 Å². The molecule has 0 spiro atoms. The summed E-state index contributed by atoms with van der Waals surface area (Å²) >= 11 is 0. The molecule has 0 bridgehead atoms. The van der Waals surface area contributed by atoms with Gasteiger partial charge in [-0.3, -0.25) is 4.79 Å². The molecule has 1 aliphatic heterocycles. The number of hydrogen-bond acceptors (Lipinski definition) is 2. The van der Waals surface area contributed by atoms with Crippen LogP contribution >= 0.6 is 0 Å². The third kappa shape index (κ3) is 1.51. The number of benzene rings is 1. The summed E-state index contributed by atoms with van der Waals surface area (Å²) in [5, 5.41) is 2.83. The summed E-state index contributed by atoms with van der Waals surface area (Å²) in [6.07, 6.45) is 1.83. The van der Waals surface area contributed by atoms with Crippen molar-refractivity contribution in [2.24, 2.45) is 5.73 Å². The summed E-state index contributed by atoms with van der Waals surface area (Å²) in [5.74, 6) is 0.0626. The van der Waals surface area contributed by atoms with Crippen molar-refractivity contribution in [3.63, 3.8) is 0 Å². The highest BCUT2D eigenvalue weighted by Gasteiger charge is 2.21.